The molecular weight excluding hydrogens is 418 g/mol. The third-order valence-corrected chi connectivity index (χ3v) is 6.05. The fourth-order valence-corrected chi connectivity index (χ4v) is 4.37. The molecule has 0 aliphatic carbocycles. The number of hydrogen-bond acceptors (Lipinski definition) is 7. The Morgan fingerprint density at radius 1 is 1.30 bits per heavy atom. The molecule has 7 nitrogen and oxygen atoms in total. The van der Waals surface area contributed by atoms with E-state index in [0.29, 0.717) is 28.1 Å². The van der Waals surface area contributed by atoms with Gasteiger partial charge in [0.25, 0.3) is 0 Å². The molecule has 0 bridgehead atoms. The van der Waals surface area contributed by atoms with Crippen LogP contribution in [-0.2, 0) is 11.3 Å². The molecule has 1 amide bonds. The van der Waals surface area contributed by atoms with Gasteiger partial charge in [0.1, 0.15) is 16.8 Å². The van der Waals surface area contributed by atoms with Crippen molar-refractivity contribution in [1.29, 1.82) is 5.26 Å². The van der Waals surface area contributed by atoms with E-state index in [-0.39, 0.29) is 11.7 Å². The van der Waals surface area contributed by atoms with Crippen LogP contribution in [0.5, 0.6) is 0 Å². The molecule has 0 aliphatic rings. The van der Waals surface area contributed by atoms with Gasteiger partial charge in [0.15, 0.2) is 11.0 Å². The van der Waals surface area contributed by atoms with Gasteiger partial charge in [-0.1, -0.05) is 35.5 Å². The van der Waals surface area contributed by atoms with Crippen molar-refractivity contribution in [1.82, 2.24) is 14.8 Å². The summed E-state index contributed by atoms with van der Waals surface area (Å²) in [7, 11) is 0. The highest BCUT2D eigenvalue weighted by molar-refractivity contribution is 7.99. The number of hydrogen-bond donors (Lipinski definition) is 1. The summed E-state index contributed by atoms with van der Waals surface area (Å²) < 4.78 is 7.45. The molecule has 4 aromatic rings. The molecule has 0 radical (unpaired) electrons. The Kier molecular flexibility index (Phi) is 5.97. The number of benzene rings is 1. The lowest BCUT2D eigenvalue weighted by Gasteiger charge is -2.09. The van der Waals surface area contributed by atoms with Crippen molar-refractivity contribution in [3.8, 4) is 17.5 Å². The summed E-state index contributed by atoms with van der Waals surface area (Å²) in [5.74, 6) is 1.42. The smallest absolute Gasteiger partial charge is 0.235 e. The summed E-state index contributed by atoms with van der Waals surface area (Å²) in [6.07, 6.45) is 1.63. The van der Waals surface area contributed by atoms with Gasteiger partial charge in [0.2, 0.25) is 5.91 Å². The van der Waals surface area contributed by atoms with Crippen molar-refractivity contribution >= 4 is 34.0 Å². The second kappa shape index (κ2) is 8.98. The number of furan rings is 1. The zero-order chi connectivity index (χ0) is 20.9. The number of nitrogens with one attached hydrogen (secondary N) is 1. The maximum absolute atomic E-state index is 12.4. The second-order valence-corrected chi connectivity index (χ2v) is 8.31. The summed E-state index contributed by atoms with van der Waals surface area (Å²) in [6.45, 7) is 2.48. The van der Waals surface area contributed by atoms with Crippen LogP contribution in [0.4, 0.5) is 5.00 Å². The van der Waals surface area contributed by atoms with Crippen molar-refractivity contribution in [2.75, 3.05) is 11.1 Å². The van der Waals surface area contributed by atoms with Gasteiger partial charge in [0, 0.05) is 5.56 Å². The van der Waals surface area contributed by atoms with E-state index < -0.39 is 0 Å². The monoisotopic (exact) mass is 435 g/mol. The number of nitriles is 1. The van der Waals surface area contributed by atoms with E-state index in [1.807, 2.05) is 47.9 Å². The normalized spacial score (nSPS) is 10.7. The Morgan fingerprint density at radius 2 is 2.20 bits per heavy atom. The average molecular weight is 436 g/mol. The number of carbonyl (C=O) groups excluding carboxylic acids is 1. The number of nitrogens with zero attached hydrogens (tertiary/aromatic N) is 4. The predicted octanol–water partition coefficient (Wildman–Crippen LogP) is 4.56. The molecule has 150 valence electrons. The Bertz CT molecular complexity index is 1200. The van der Waals surface area contributed by atoms with E-state index >= 15 is 0 Å². The first-order chi connectivity index (χ1) is 14.6. The fraction of sp³-hybridized carbons (Fsp3) is 0.143. The molecule has 0 spiro atoms. The Balaban J connectivity index is 1.55. The van der Waals surface area contributed by atoms with Crippen molar-refractivity contribution in [2.45, 2.75) is 18.6 Å². The lowest BCUT2D eigenvalue weighted by atomic mass is 10.1. The van der Waals surface area contributed by atoms with Gasteiger partial charge < -0.3 is 9.73 Å². The molecule has 30 heavy (non-hydrogen) atoms. The zero-order valence-electron chi connectivity index (χ0n) is 16.0. The second-order valence-electron chi connectivity index (χ2n) is 6.45. The maximum Gasteiger partial charge on any atom is 0.235 e. The number of aromatic nitrogens is 3. The van der Waals surface area contributed by atoms with E-state index in [9.17, 15) is 4.79 Å². The van der Waals surface area contributed by atoms with Crippen LogP contribution in [0.25, 0.3) is 11.4 Å². The van der Waals surface area contributed by atoms with Gasteiger partial charge in [-0.05, 0) is 36.6 Å². The highest BCUT2D eigenvalue weighted by Gasteiger charge is 2.18. The van der Waals surface area contributed by atoms with Crippen molar-refractivity contribution in [3.05, 3.63) is 71.0 Å². The molecule has 0 saturated carbocycles. The van der Waals surface area contributed by atoms with Crippen LogP contribution in [0.1, 0.15) is 16.9 Å². The first-order valence-corrected chi connectivity index (χ1v) is 10.9. The molecular formula is C21H17N5O2S2. The topological polar surface area (TPSA) is 96.7 Å². The highest BCUT2D eigenvalue weighted by atomic mass is 32.2. The molecule has 0 aliphatic heterocycles. The van der Waals surface area contributed by atoms with E-state index in [2.05, 4.69) is 21.6 Å². The molecule has 3 aromatic heterocycles. The Labute approximate surface area is 181 Å². The lowest BCUT2D eigenvalue weighted by Crippen LogP contribution is -2.14. The summed E-state index contributed by atoms with van der Waals surface area (Å²) in [5, 5.41) is 23.5. The van der Waals surface area contributed by atoms with E-state index in [1.54, 1.807) is 17.7 Å². The highest BCUT2D eigenvalue weighted by Crippen LogP contribution is 2.27. The fourth-order valence-electron chi connectivity index (χ4n) is 2.88. The number of rotatable bonds is 7. The summed E-state index contributed by atoms with van der Waals surface area (Å²) in [4.78, 5) is 12.4. The largest absolute Gasteiger partial charge is 0.467 e. The lowest BCUT2D eigenvalue weighted by molar-refractivity contribution is -0.113. The number of aryl methyl sites for hydroxylation is 1. The molecule has 0 unspecified atom stereocenters. The molecule has 4 rings (SSSR count). The van der Waals surface area contributed by atoms with E-state index in [0.717, 1.165) is 16.9 Å². The predicted molar refractivity (Wildman–Crippen MR) is 116 cm³/mol. The van der Waals surface area contributed by atoms with E-state index in [1.165, 1.54) is 23.1 Å². The summed E-state index contributed by atoms with van der Waals surface area (Å²) in [6, 6.07) is 15.5. The summed E-state index contributed by atoms with van der Waals surface area (Å²) >= 11 is 2.61. The van der Waals surface area contributed by atoms with Crippen molar-refractivity contribution < 1.29 is 9.21 Å². The maximum atomic E-state index is 12.4. The van der Waals surface area contributed by atoms with Crippen LogP contribution < -0.4 is 5.32 Å². The molecule has 9 heteroatoms. The first-order valence-electron chi connectivity index (χ1n) is 9.07. The average Bonchev–Trinajstić information content (AvgIpc) is 3.48. The van der Waals surface area contributed by atoms with Crippen molar-refractivity contribution in [2.24, 2.45) is 0 Å². The minimum Gasteiger partial charge on any atom is -0.467 e. The Hall–Kier alpha value is -3.35. The van der Waals surface area contributed by atoms with Gasteiger partial charge in [-0.25, -0.2) is 0 Å². The number of amides is 1. The zero-order valence-corrected chi connectivity index (χ0v) is 17.7. The summed E-state index contributed by atoms with van der Waals surface area (Å²) in [5.41, 5.74) is 2.53. The molecule has 3 heterocycles. The van der Waals surface area contributed by atoms with Crippen LogP contribution in [0, 0.1) is 18.3 Å². The van der Waals surface area contributed by atoms with Crippen LogP contribution in [0.2, 0.25) is 0 Å². The van der Waals surface area contributed by atoms with Crippen molar-refractivity contribution in [3.63, 3.8) is 0 Å². The standard InChI is InChI=1S/C21H17N5O2S2/c1-14-4-2-5-15(10-14)19-24-25-21(26(19)12-17-6-3-8-28-17)30-13-18(27)23-20-16(11-22)7-9-29-20/h2-10H,12-13H2,1H3,(H,23,27). The van der Waals surface area contributed by atoms with Gasteiger partial charge in [-0.2, -0.15) is 5.26 Å². The molecule has 0 fully saturated rings. The third-order valence-electron chi connectivity index (χ3n) is 4.26. The number of anilines is 1. The third kappa shape index (κ3) is 4.45. The molecule has 1 aromatic carbocycles. The minimum absolute atomic E-state index is 0.146. The first kappa shape index (κ1) is 19.9. The number of thioether (sulfide) groups is 1. The Morgan fingerprint density at radius 3 is 2.97 bits per heavy atom. The molecule has 0 atom stereocenters. The van der Waals surface area contributed by atoms with Crippen LogP contribution in [-0.4, -0.2) is 26.4 Å². The van der Waals surface area contributed by atoms with Gasteiger partial charge in [-0.3, -0.25) is 9.36 Å². The van der Waals surface area contributed by atoms with Gasteiger partial charge in [0.05, 0.1) is 24.1 Å². The van der Waals surface area contributed by atoms with Crippen LogP contribution in [0.15, 0.2) is 63.7 Å². The van der Waals surface area contributed by atoms with E-state index in [4.69, 9.17) is 9.68 Å². The van der Waals surface area contributed by atoms with Crippen LogP contribution in [0.3, 0.4) is 0 Å². The number of thiophene rings is 1. The minimum atomic E-state index is -0.205. The van der Waals surface area contributed by atoms with Gasteiger partial charge in [-0.15, -0.1) is 21.5 Å². The molecule has 1 N–H and O–H groups in total. The SMILES string of the molecule is Cc1cccc(-c2nnc(SCC(=O)Nc3sccc3C#N)n2Cc2ccco2)c1. The molecule has 0 saturated heterocycles. The van der Waals surface area contributed by atoms with Gasteiger partial charge >= 0.3 is 0 Å². The number of carbonyl (C=O) groups is 1. The van der Waals surface area contributed by atoms with Crippen LogP contribution >= 0.6 is 23.1 Å². The quantitative estimate of drug-likeness (QED) is 0.428.